The number of halogens is 3. The van der Waals surface area contributed by atoms with Crippen LogP contribution >= 0.6 is 0 Å². The SMILES string of the molecule is [B]C(O)(O)c1nc(-c2ccc(NC(=O)C(O)C(/C=C(/F)CC)=C/C)c(F)c2F)c2c(N)nc(C)cn12. The van der Waals surface area contributed by atoms with E-state index in [0.717, 1.165) is 22.6 Å². The number of aryl methyl sites for hydroxylation is 1. The zero-order valence-corrected chi connectivity index (χ0v) is 19.6. The molecule has 13 heteroatoms. The Morgan fingerprint density at radius 2 is 1.97 bits per heavy atom. The van der Waals surface area contributed by atoms with Gasteiger partial charge in [0.2, 0.25) is 0 Å². The molecule has 0 spiro atoms. The van der Waals surface area contributed by atoms with Gasteiger partial charge in [0, 0.05) is 11.8 Å². The number of nitrogens with two attached hydrogens (primary N) is 1. The smallest absolute Gasteiger partial charge is 0.257 e. The van der Waals surface area contributed by atoms with E-state index in [0.29, 0.717) is 5.69 Å². The molecular weight excluding hydrogens is 478 g/mol. The Labute approximate surface area is 205 Å². The number of amides is 1. The number of aromatic nitrogens is 3. The number of rotatable bonds is 7. The zero-order valence-electron chi connectivity index (χ0n) is 19.6. The number of nitrogens with zero attached hydrogens (tertiary/aromatic N) is 3. The summed E-state index contributed by atoms with van der Waals surface area (Å²) in [5.74, 6) is -5.37. The van der Waals surface area contributed by atoms with Crippen LogP contribution in [0.3, 0.4) is 0 Å². The maximum Gasteiger partial charge on any atom is 0.257 e. The number of aliphatic hydroxyl groups is 3. The van der Waals surface area contributed by atoms with Crippen LogP contribution in [0.4, 0.5) is 24.7 Å². The van der Waals surface area contributed by atoms with Gasteiger partial charge in [-0.3, -0.25) is 9.20 Å². The van der Waals surface area contributed by atoms with E-state index in [1.165, 1.54) is 26.1 Å². The van der Waals surface area contributed by atoms with Gasteiger partial charge in [0.05, 0.1) is 11.4 Å². The van der Waals surface area contributed by atoms with E-state index in [-0.39, 0.29) is 29.0 Å². The van der Waals surface area contributed by atoms with Crippen LogP contribution in [0.25, 0.3) is 16.8 Å². The molecule has 9 nitrogen and oxygen atoms in total. The van der Waals surface area contributed by atoms with Gasteiger partial charge in [-0.05, 0) is 44.1 Å². The molecule has 36 heavy (non-hydrogen) atoms. The number of carbonyl (C=O) groups is 1. The average Bonchev–Trinajstić information content (AvgIpc) is 3.19. The monoisotopic (exact) mass is 501 g/mol. The molecule has 2 aromatic heterocycles. The number of imidazole rings is 1. The summed E-state index contributed by atoms with van der Waals surface area (Å²) >= 11 is 0. The molecule has 0 aliphatic heterocycles. The molecule has 2 heterocycles. The number of anilines is 2. The molecule has 1 atom stereocenters. The highest BCUT2D eigenvalue weighted by Gasteiger charge is 2.30. The predicted molar refractivity (Wildman–Crippen MR) is 127 cm³/mol. The molecule has 3 aromatic rings. The predicted octanol–water partition coefficient (Wildman–Crippen LogP) is 2.34. The van der Waals surface area contributed by atoms with Gasteiger partial charge in [-0.25, -0.2) is 23.1 Å². The van der Waals surface area contributed by atoms with Crippen molar-refractivity contribution in [3.05, 3.63) is 65.0 Å². The minimum atomic E-state index is -2.95. The Balaban J connectivity index is 2.05. The van der Waals surface area contributed by atoms with Gasteiger partial charge in [0.25, 0.3) is 5.91 Å². The Bertz CT molecular complexity index is 1400. The fourth-order valence-electron chi connectivity index (χ4n) is 3.49. The first-order valence-electron chi connectivity index (χ1n) is 10.7. The highest BCUT2D eigenvalue weighted by molar-refractivity contribution is 6.13. The quantitative estimate of drug-likeness (QED) is 0.190. The van der Waals surface area contributed by atoms with Crippen LogP contribution in [0, 0.1) is 18.6 Å². The third kappa shape index (κ3) is 5.13. The molecule has 188 valence electrons. The van der Waals surface area contributed by atoms with Gasteiger partial charge in [-0.1, -0.05) is 13.0 Å². The molecule has 0 fully saturated rings. The van der Waals surface area contributed by atoms with Crippen molar-refractivity contribution < 1.29 is 33.3 Å². The van der Waals surface area contributed by atoms with E-state index in [9.17, 15) is 28.9 Å². The number of nitrogens with one attached hydrogen (secondary N) is 1. The van der Waals surface area contributed by atoms with Gasteiger partial charge >= 0.3 is 0 Å². The van der Waals surface area contributed by atoms with E-state index in [4.69, 9.17) is 13.6 Å². The number of hydrogen-bond donors (Lipinski definition) is 5. The Morgan fingerprint density at radius 1 is 1.31 bits per heavy atom. The van der Waals surface area contributed by atoms with Crippen LogP contribution in [0.15, 0.2) is 41.9 Å². The van der Waals surface area contributed by atoms with E-state index in [1.807, 2.05) is 0 Å². The lowest BCUT2D eigenvalue weighted by Gasteiger charge is -2.15. The molecular formula is C23H23BF3N5O4. The number of benzene rings is 1. The number of fused-ring (bicyclic) bond motifs is 1. The summed E-state index contributed by atoms with van der Waals surface area (Å²) in [6.07, 6.45) is 1.79. The molecule has 0 saturated carbocycles. The number of hydrogen-bond acceptors (Lipinski definition) is 7. The highest BCUT2D eigenvalue weighted by Crippen LogP contribution is 2.35. The van der Waals surface area contributed by atoms with Crippen LogP contribution < -0.4 is 11.1 Å². The van der Waals surface area contributed by atoms with Crippen molar-refractivity contribution >= 4 is 30.8 Å². The molecule has 1 amide bonds. The second kappa shape index (κ2) is 10.1. The molecule has 3 rings (SSSR count). The van der Waals surface area contributed by atoms with Gasteiger partial charge in [-0.15, -0.1) is 0 Å². The summed E-state index contributed by atoms with van der Waals surface area (Å²) in [4.78, 5) is 20.4. The van der Waals surface area contributed by atoms with E-state index in [2.05, 4.69) is 15.3 Å². The minimum Gasteiger partial charge on any atom is -0.382 e. The van der Waals surface area contributed by atoms with Crippen LogP contribution in [0.2, 0.25) is 0 Å². The van der Waals surface area contributed by atoms with Gasteiger partial charge in [0.15, 0.2) is 37.1 Å². The third-order valence-corrected chi connectivity index (χ3v) is 5.25. The van der Waals surface area contributed by atoms with Crippen molar-refractivity contribution in [2.75, 3.05) is 11.1 Å². The van der Waals surface area contributed by atoms with Crippen LogP contribution in [-0.2, 0) is 10.5 Å². The van der Waals surface area contributed by atoms with Crippen molar-refractivity contribution in [2.45, 2.75) is 39.0 Å². The first kappa shape index (κ1) is 26.9. The lowest BCUT2D eigenvalue weighted by molar-refractivity contribution is -0.122. The normalized spacial score (nSPS) is 13.8. The maximum atomic E-state index is 15.2. The lowest BCUT2D eigenvalue weighted by atomic mass is 9.94. The first-order valence-corrected chi connectivity index (χ1v) is 10.7. The molecule has 1 unspecified atom stereocenters. The Kier molecular flexibility index (Phi) is 7.58. The molecule has 0 aliphatic rings. The summed E-state index contributed by atoms with van der Waals surface area (Å²) in [7, 11) is 5.36. The fourth-order valence-corrected chi connectivity index (χ4v) is 3.49. The summed E-state index contributed by atoms with van der Waals surface area (Å²) < 4.78 is 44.8. The van der Waals surface area contributed by atoms with Crippen LogP contribution in [0.5, 0.6) is 0 Å². The molecule has 2 radical (unpaired) electrons. The minimum absolute atomic E-state index is 0.0366. The number of aliphatic hydroxyl groups excluding tert-OH is 1. The van der Waals surface area contributed by atoms with Crippen molar-refractivity contribution in [3.8, 4) is 11.3 Å². The summed E-state index contributed by atoms with van der Waals surface area (Å²) in [5, 5.41) is 32.1. The molecule has 6 N–H and O–H groups in total. The third-order valence-electron chi connectivity index (χ3n) is 5.25. The van der Waals surface area contributed by atoms with Crippen molar-refractivity contribution in [3.63, 3.8) is 0 Å². The van der Waals surface area contributed by atoms with Gasteiger partial charge in [-0.2, -0.15) is 0 Å². The summed E-state index contributed by atoms with van der Waals surface area (Å²) in [5.41, 5.74) is 1.86. The van der Waals surface area contributed by atoms with Crippen molar-refractivity contribution in [1.29, 1.82) is 0 Å². The van der Waals surface area contributed by atoms with E-state index < -0.39 is 52.2 Å². The number of carbonyl (C=O) groups excluding carboxylic acids is 1. The lowest BCUT2D eigenvalue weighted by Crippen LogP contribution is -2.29. The molecule has 0 saturated heterocycles. The van der Waals surface area contributed by atoms with E-state index in [1.54, 1.807) is 6.92 Å². The Hall–Kier alpha value is -3.68. The number of nitrogen functional groups attached to an aromatic ring is 1. The molecule has 1 aromatic carbocycles. The largest absolute Gasteiger partial charge is 0.382 e. The summed E-state index contributed by atoms with van der Waals surface area (Å²) in [6, 6.07) is 2.07. The molecule has 0 aliphatic carbocycles. The Morgan fingerprint density at radius 3 is 2.56 bits per heavy atom. The molecule has 0 bridgehead atoms. The zero-order chi connectivity index (χ0) is 26.9. The van der Waals surface area contributed by atoms with Gasteiger partial charge < -0.3 is 26.4 Å². The fraction of sp³-hybridized carbons (Fsp3) is 0.261. The second-order valence-electron chi connectivity index (χ2n) is 7.91. The number of allylic oxidation sites excluding steroid dienone is 2. The van der Waals surface area contributed by atoms with Crippen LogP contribution in [0.1, 0.15) is 31.8 Å². The second-order valence-corrected chi connectivity index (χ2v) is 7.91. The van der Waals surface area contributed by atoms with Gasteiger partial charge in [0.1, 0.15) is 22.9 Å². The highest BCUT2D eigenvalue weighted by atomic mass is 19.2. The topological polar surface area (TPSA) is 146 Å². The van der Waals surface area contributed by atoms with Crippen molar-refractivity contribution in [2.24, 2.45) is 0 Å². The average molecular weight is 501 g/mol. The summed E-state index contributed by atoms with van der Waals surface area (Å²) in [6.45, 7) is 4.57. The maximum absolute atomic E-state index is 15.2. The first-order chi connectivity index (χ1) is 16.8. The van der Waals surface area contributed by atoms with Crippen LogP contribution in [-0.4, -0.2) is 49.5 Å². The standard InChI is InChI=1S/C23H23BF3N5O4/c1-4-11(8-12(25)5-2)19(33)21(34)30-14-7-6-13(15(26)16(14)27)17-18-20(28)29-10(3)9-32(18)22(31-17)23(24,35)36/h4,6-9,19,33,35-36H,5H2,1-3H3,(H2,28,29)(H,30,34)/b11-4+,12-8+. The van der Waals surface area contributed by atoms with Crippen molar-refractivity contribution in [1.82, 2.24) is 14.4 Å². The van der Waals surface area contributed by atoms with E-state index >= 15 is 4.39 Å².